The fraction of sp³-hybridized carbons (Fsp3) is 0.500. The Labute approximate surface area is 176 Å². The molecule has 29 heavy (non-hydrogen) atoms. The van der Waals surface area contributed by atoms with Gasteiger partial charge in [-0.15, -0.1) is 11.3 Å². The van der Waals surface area contributed by atoms with E-state index in [-0.39, 0.29) is 12.7 Å². The summed E-state index contributed by atoms with van der Waals surface area (Å²) in [6, 6.07) is 8.07. The zero-order chi connectivity index (χ0) is 20.1. The van der Waals surface area contributed by atoms with Crippen molar-refractivity contribution < 1.29 is 24.5 Å². The fourth-order valence-corrected chi connectivity index (χ4v) is 4.94. The first-order valence-corrected chi connectivity index (χ1v) is 11.4. The molecule has 0 bridgehead atoms. The molecule has 1 fully saturated rings. The molecule has 2 aliphatic rings. The summed E-state index contributed by atoms with van der Waals surface area (Å²) in [4.78, 5) is 18.0. The predicted octanol–water partition coefficient (Wildman–Crippen LogP) is 0.556. The van der Waals surface area contributed by atoms with E-state index in [0.29, 0.717) is 19.6 Å². The number of hydrogen-bond donors (Lipinski definition) is 2. The molecule has 0 saturated carbocycles. The van der Waals surface area contributed by atoms with Gasteiger partial charge in [-0.25, -0.2) is 0 Å². The molecule has 0 spiro atoms. The number of amides is 1. The van der Waals surface area contributed by atoms with Crippen LogP contribution in [0.15, 0.2) is 29.6 Å². The lowest BCUT2D eigenvalue weighted by Gasteiger charge is -2.22. The van der Waals surface area contributed by atoms with E-state index in [2.05, 4.69) is 23.7 Å². The van der Waals surface area contributed by atoms with Crippen LogP contribution in [0.1, 0.15) is 28.8 Å². The normalized spacial score (nSPS) is 15.8. The van der Waals surface area contributed by atoms with Crippen LogP contribution in [-0.2, 0) is 17.9 Å². The SMILES string of the molecule is Cc1ccsc1CN(Cc1ccc2c(c1)OCO2)C(=O)C[NH2+]CC[NH+]1CCCC1. The third-order valence-corrected chi connectivity index (χ3v) is 6.81. The maximum absolute atomic E-state index is 13.1. The molecule has 0 radical (unpaired) electrons. The molecule has 1 aromatic carbocycles. The average Bonchev–Trinajstić information content (AvgIpc) is 3.47. The summed E-state index contributed by atoms with van der Waals surface area (Å²) in [5, 5.41) is 4.26. The number of nitrogens with two attached hydrogens (primary N) is 1. The van der Waals surface area contributed by atoms with Gasteiger partial charge >= 0.3 is 0 Å². The maximum Gasteiger partial charge on any atom is 0.278 e. The summed E-state index contributed by atoms with van der Waals surface area (Å²) < 4.78 is 10.9. The second-order valence-electron chi connectivity index (χ2n) is 7.95. The van der Waals surface area contributed by atoms with E-state index in [1.165, 1.54) is 36.4 Å². The van der Waals surface area contributed by atoms with Gasteiger partial charge in [-0.2, -0.15) is 0 Å². The second-order valence-corrected chi connectivity index (χ2v) is 8.95. The van der Waals surface area contributed by atoms with Crippen LogP contribution in [0.2, 0.25) is 0 Å². The molecule has 2 aliphatic heterocycles. The van der Waals surface area contributed by atoms with Gasteiger partial charge in [-0.3, -0.25) is 4.79 Å². The van der Waals surface area contributed by atoms with Crippen molar-refractivity contribution in [1.29, 1.82) is 0 Å². The number of benzene rings is 1. The molecule has 156 valence electrons. The molecule has 1 saturated heterocycles. The maximum atomic E-state index is 13.1. The summed E-state index contributed by atoms with van der Waals surface area (Å²) in [7, 11) is 0. The molecule has 3 N–H and O–H groups in total. The van der Waals surface area contributed by atoms with E-state index in [1.54, 1.807) is 16.2 Å². The van der Waals surface area contributed by atoms with E-state index in [1.807, 2.05) is 23.1 Å². The van der Waals surface area contributed by atoms with Crippen LogP contribution >= 0.6 is 11.3 Å². The Balaban J connectivity index is 1.37. The number of nitrogens with zero attached hydrogens (tertiary/aromatic N) is 1. The van der Waals surface area contributed by atoms with Crippen LogP contribution in [0.4, 0.5) is 0 Å². The summed E-state index contributed by atoms with van der Waals surface area (Å²) in [5.41, 5.74) is 2.32. The van der Waals surface area contributed by atoms with Crippen molar-refractivity contribution in [2.75, 3.05) is 39.5 Å². The highest BCUT2D eigenvalue weighted by molar-refractivity contribution is 7.10. The molecular weight excluding hydrogens is 386 g/mol. The minimum Gasteiger partial charge on any atom is -0.454 e. The lowest BCUT2D eigenvalue weighted by molar-refractivity contribution is -0.900. The van der Waals surface area contributed by atoms with Crippen molar-refractivity contribution in [2.24, 2.45) is 0 Å². The highest BCUT2D eigenvalue weighted by Gasteiger charge is 2.21. The Morgan fingerprint density at radius 1 is 1.17 bits per heavy atom. The van der Waals surface area contributed by atoms with E-state index in [0.717, 1.165) is 30.2 Å². The minimum absolute atomic E-state index is 0.187. The van der Waals surface area contributed by atoms with Gasteiger partial charge in [0.2, 0.25) is 6.79 Å². The van der Waals surface area contributed by atoms with Crippen molar-refractivity contribution in [2.45, 2.75) is 32.9 Å². The molecule has 1 amide bonds. The third-order valence-electron chi connectivity index (χ3n) is 5.80. The highest BCUT2D eigenvalue weighted by atomic mass is 32.1. The number of carbonyl (C=O) groups is 1. The second kappa shape index (κ2) is 9.61. The predicted molar refractivity (Wildman–Crippen MR) is 112 cm³/mol. The number of ether oxygens (including phenoxy) is 2. The van der Waals surface area contributed by atoms with Crippen LogP contribution < -0.4 is 19.7 Å². The van der Waals surface area contributed by atoms with Crippen molar-refractivity contribution in [3.05, 3.63) is 45.6 Å². The number of hydrogen-bond acceptors (Lipinski definition) is 4. The lowest BCUT2D eigenvalue weighted by atomic mass is 10.1. The number of rotatable bonds is 9. The number of thiophene rings is 1. The van der Waals surface area contributed by atoms with Gasteiger partial charge < -0.3 is 24.6 Å². The fourth-order valence-electron chi connectivity index (χ4n) is 4.02. The van der Waals surface area contributed by atoms with Gasteiger partial charge in [0.1, 0.15) is 13.1 Å². The Morgan fingerprint density at radius 3 is 2.79 bits per heavy atom. The molecule has 0 aliphatic carbocycles. The first-order valence-electron chi connectivity index (χ1n) is 10.5. The number of carbonyl (C=O) groups excluding carboxylic acids is 1. The van der Waals surface area contributed by atoms with E-state index in [9.17, 15) is 4.79 Å². The van der Waals surface area contributed by atoms with Crippen LogP contribution in [0.25, 0.3) is 0 Å². The first kappa shape index (κ1) is 20.2. The topological polar surface area (TPSA) is 59.8 Å². The van der Waals surface area contributed by atoms with Gasteiger partial charge in [-0.05, 0) is 41.6 Å². The van der Waals surface area contributed by atoms with Crippen molar-refractivity contribution >= 4 is 17.2 Å². The Hall–Kier alpha value is -2.09. The number of fused-ring (bicyclic) bond motifs is 1. The van der Waals surface area contributed by atoms with Crippen LogP contribution in [0.3, 0.4) is 0 Å². The van der Waals surface area contributed by atoms with Crippen molar-refractivity contribution in [3.63, 3.8) is 0 Å². The Bertz CT molecular complexity index is 832. The average molecular weight is 418 g/mol. The van der Waals surface area contributed by atoms with E-state index in [4.69, 9.17) is 9.47 Å². The monoisotopic (exact) mass is 417 g/mol. The standard InChI is InChI=1S/C22H29N3O3S/c1-17-6-11-29-21(17)15-25(14-18-4-5-19-20(12-18)28-16-27-19)22(26)13-23-7-10-24-8-2-3-9-24/h4-6,11-12,23H,2-3,7-10,13-16H2,1H3/p+2. The van der Waals surface area contributed by atoms with Gasteiger partial charge in [-0.1, -0.05) is 6.07 Å². The minimum atomic E-state index is 0.187. The molecular formula is C22H31N3O3S+2. The molecule has 7 heteroatoms. The largest absolute Gasteiger partial charge is 0.454 e. The summed E-state index contributed by atoms with van der Waals surface area (Å²) in [6.07, 6.45) is 2.69. The zero-order valence-corrected chi connectivity index (χ0v) is 17.9. The lowest BCUT2D eigenvalue weighted by Crippen LogP contribution is -3.13. The molecule has 6 nitrogen and oxygen atoms in total. The summed E-state index contributed by atoms with van der Waals surface area (Å²) in [6.45, 7) is 8.86. The van der Waals surface area contributed by atoms with E-state index >= 15 is 0 Å². The number of aryl methyl sites for hydroxylation is 1. The molecule has 1 aromatic heterocycles. The number of quaternary nitrogens is 2. The number of nitrogens with one attached hydrogen (secondary N) is 1. The van der Waals surface area contributed by atoms with Crippen LogP contribution in [0.5, 0.6) is 11.5 Å². The van der Waals surface area contributed by atoms with E-state index < -0.39 is 0 Å². The quantitative estimate of drug-likeness (QED) is 0.586. The molecule has 0 unspecified atom stereocenters. The van der Waals surface area contributed by atoms with Crippen LogP contribution in [0, 0.1) is 6.92 Å². The first-order chi connectivity index (χ1) is 14.2. The van der Waals surface area contributed by atoms with Gasteiger partial charge in [0.25, 0.3) is 5.91 Å². The van der Waals surface area contributed by atoms with Gasteiger partial charge in [0, 0.05) is 24.3 Å². The molecule has 0 atom stereocenters. The summed E-state index contributed by atoms with van der Waals surface area (Å²) >= 11 is 1.72. The van der Waals surface area contributed by atoms with Gasteiger partial charge in [0.05, 0.1) is 19.6 Å². The van der Waals surface area contributed by atoms with Crippen molar-refractivity contribution in [3.8, 4) is 11.5 Å². The summed E-state index contributed by atoms with van der Waals surface area (Å²) in [5.74, 6) is 1.73. The smallest absolute Gasteiger partial charge is 0.278 e. The highest BCUT2D eigenvalue weighted by Crippen LogP contribution is 2.33. The molecule has 2 aromatic rings. The molecule has 3 heterocycles. The Morgan fingerprint density at radius 2 is 2.00 bits per heavy atom. The van der Waals surface area contributed by atoms with Gasteiger partial charge in [0.15, 0.2) is 18.0 Å². The zero-order valence-electron chi connectivity index (χ0n) is 17.1. The van der Waals surface area contributed by atoms with Crippen LogP contribution in [-0.4, -0.2) is 50.3 Å². The molecule has 4 rings (SSSR count). The number of likely N-dealkylation sites (tertiary alicyclic amines) is 1. The van der Waals surface area contributed by atoms with Crippen molar-refractivity contribution in [1.82, 2.24) is 4.90 Å². The third kappa shape index (κ3) is 5.29. The Kier molecular flexibility index (Phi) is 6.69.